The van der Waals surface area contributed by atoms with Crippen LogP contribution in [0.3, 0.4) is 0 Å². The Bertz CT molecular complexity index is 1020. The molecule has 0 radical (unpaired) electrons. The Morgan fingerprint density at radius 3 is 2.44 bits per heavy atom. The summed E-state index contributed by atoms with van der Waals surface area (Å²) in [5.41, 5.74) is 13.8. The maximum Gasteiger partial charge on any atom is 0.223 e. The number of hydrogen-bond donors (Lipinski definition) is 2. The fourth-order valence-electron chi connectivity index (χ4n) is 2.30. The molecule has 6 heteroatoms. The van der Waals surface area contributed by atoms with E-state index in [-0.39, 0.29) is 5.96 Å². The minimum atomic E-state index is 0.0393. The summed E-state index contributed by atoms with van der Waals surface area (Å²) in [4.78, 5) is 17.4. The van der Waals surface area contributed by atoms with Crippen LogP contribution in [0.25, 0.3) is 22.3 Å². The maximum absolute atomic E-state index is 5.82. The third-order valence-electron chi connectivity index (χ3n) is 3.40. The van der Waals surface area contributed by atoms with Gasteiger partial charge in [-0.2, -0.15) is 4.99 Å². The number of para-hydroxylation sites is 1. The monoisotopic (exact) mass is 328 g/mol. The predicted octanol–water partition coefficient (Wildman–Crippen LogP) is 2.60. The van der Waals surface area contributed by atoms with E-state index in [2.05, 4.69) is 25.9 Å². The van der Waals surface area contributed by atoms with E-state index in [1.165, 1.54) is 0 Å². The molecule has 0 aliphatic heterocycles. The number of terminal acetylenes is 1. The molecule has 0 aliphatic rings. The summed E-state index contributed by atoms with van der Waals surface area (Å²) in [5.74, 6) is 3.91. The Kier molecular flexibility index (Phi) is 4.40. The van der Waals surface area contributed by atoms with Crippen LogP contribution in [0.5, 0.6) is 0 Å². The third-order valence-corrected chi connectivity index (χ3v) is 3.40. The first-order valence-electron chi connectivity index (χ1n) is 7.55. The molecule has 1 heterocycles. The van der Waals surface area contributed by atoms with E-state index in [0.717, 1.165) is 22.0 Å². The first-order valence-corrected chi connectivity index (χ1v) is 7.55. The highest BCUT2D eigenvalue weighted by Gasteiger charge is 2.09. The van der Waals surface area contributed by atoms with Crippen LogP contribution in [0.2, 0.25) is 0 Å². The Morgan fingerprint density at radius 1 is 1.04 bits per heavy atom. The van der Waals surface area contributed by atoms with Gasteiger partial charge in [0, 0.05) is 16.5 Å². The summed E-state index contributed by atoms with van der Waals surface area (Å²) in [6.07, 6.45) is 5.40. The van der Waals surface area contributed by atoms with Crippen molar-refractivity contribution in [1.29, 1.82) is 0 Å². The van der Waals surface area contributed by atoms with Crippen LogP contribution >= 0.6 is 0 Å². The molecule has 25 heavy (non-hydrogen) atoms. The van der Waals surface area contributed by atoms with Crippen LogP contribution in [-0.2, 0) is 0 Å². The zero-order valence-corrected chi connectivity index (χ0v) is 13.6. The van der Waals surface area contributed by atoms with Crippen molar-refractivity contribution < 1.29 is 0 Å². The number of fused-ring (bicyclic) bond motifs is 1. The van der Waals surface area contributed by atoms with Crippen LogP contribution in [-0.4, -0.2) is 21.8 Å². The van der Waals surface area contributed by atoms with Crippen molar-refractivity contribution in [2.75, 3.05) is 0 Å². The Labute approximate surface area is 145 Å². The van der Waals surface area contributed by atoms with Crippen molar-refractivity contribution in [2.24, 2.45) is 21.5 Å². The second-order valence-corrected chi connectivity index (χ2v) is 5.33. The van der Waals surface area contributed by atoms with Crippen LogP contribution in [0.4, 0.5) is 5.82 Å². The molecule has 6 nitrogen and oxygen atoms in total. The van der Waals surface area contributed by atoms with Crippen molar-refractivity contribution in [3.63, 3.8) is 0 Å². The predicted molar refractivity (Wildman–Crippen MR) is 101 cm³/mol. The van der Waals surface area contributed by atoms with Gasteiger partial charge in [-0.05, 0) is 43.3 Å². The van der Waals surface area contributed by atoms with E-state index >= 15 is 0 Å². The van der Waals surface area contributed by atoms with Crippen LogP contribution < -0.4 is 11.5 Å². The topological polar surface area (TPSA) is 103 Å². The summed E-state index contributed by atoms with van der Waals surface area (Å²) >= 11 is 0. The molecule has 0 unspecified atom stereocenters. The second kappa shape index (κ2) is 6.81. The maximum atomic E-state index is 5.82. The quantitative estimate of drug-likeness (QED) is 0.429. The van der Waals surface area contributed by atoms with Gasteiger partial charge in [0.05, 0.1) is 11.4 Å². The number of benzene rings is 2. The average molecular weight is 328 g/mol. The molecule has 0 saturated heterocycles. The number of rotatable bonds is 2. The smallest absolute Gasteiger partial charge is 0.223 e. The van der Waals surface area contributed by atoms with Crippen molar-refractivity contribution in [2.45, 2.75) is 6.92 Å². The molecule has 122 valence electrons. The highest BCUT2D eigenvalue weighted by molar-refractivity contribution is 5.97. The van der Waals surface area contributed by atoms with Crippen LogP contribution in [0.1, 0.15) is 12.5 Å². The van der Waals surface area contributed by atoms with E-state index in [0.29, 0.717) is 17.5 Å². The van der Waals surface area contributed by atoms with Crippen molar-refractivity contribution in [1.82, 2.24) is 9.97 Å². The fraction of sp³-hybridized carbons (Fsp3) is 0.0526. The third kappa shape index (κ3) is 3.62. The number of guanidine groups is 1. The normalized spacial score (nSPS) is 12.2. The van der Waals surface area contributed by atoms with Crippen molar-refractivity contribution in [3.05, 3.63) is 54.1 Å². The largest absolute Gasteiger partial charge is 0.387 e. The molecule has 1 aromatic heterocycles. The molecule has 3 rings (SSSR count). The molecule has 4 N–H and O–H groups in total. The van der Waals surface area contributed by atoms with Gasteiger partial charge in [-0.15, -0.1) is 6.42 Å². The van der Waals surface area contributed by atoms with Gasteiger partial charge in [0.1, 0.15) is 0 Å². The van der Waals surface area contributed by atoms with E-state index in [4.69, 9.17) is 17.9 Å². The highest BCUT2D eigenvalue weighted by Crippen LogP contribution is 2.27. The average Bonchev–Trinajstić information content (AvgIpc) is 2.61. The molecule has 0 bridgehead atoms. The van der Waals surface area contributed by atoms with Gasteiger partial charge in [-0.1, -0.05) is 18.1 Å². The Hall–Kier alpha value is -3.72. The van der Waals surface area contributed by atoms with Gasteiger partial charge >= 0.3 is 0 Å². The lowest BCUT2D eigenvalue weighted by molar-refractivity contribution is 1.20. The second-order valence-electron chi connectivity index (χ2n) is 5.33. The molecular formula is C19H16N6. The molecule has 0 fully saturated rings. The summed E-state index contributed by atoms with van der Waals surface area (Å²) < 4.78 is 0. The lowest BCUT2D eigenvalue weighted by Gasteiger charge is -2.06. The molecule has 0 atom stereocenters. The number of nitrogens with two attached hydrogens (primary N) is 2. The molecular weight excluding hydrogens is 312 g/mol. The number of aromatic nitrogens is 2. The van der Waals surface area contributed by atoms with Crippen LogP contribution in [0, 0.1) is 12.3 Å². The number of aliphatic imine (C=N–C) groups is 2. The lowest BCUT2D eigenvalue weighted by Crippen LogP contribution is -2.15. The van der Waals surface area contributed by atoms with Gasteiger partial charge in [0.2, 0.25) is 5.96 Å². The summed E-state index contributed by atoms with van der Waals surface area (Å²) in [6.45, 7) is 1.64. The van der Waals surface area contributed by atoms with Gasteiger partial charge in [-0.25, -0.2) is 15.0 Å². The van der Waals surface area contributed by atoms with E-state index in [9.17, 15) is 0 Å². The summed E-state index contributed by atoms with van der Waals surface area (Å²) in [6, 6.07) is 15.0. The van der Waals surface area contributed by atoms with Crippen LogP contribution in [0.15, 0.2) is 58.5 Å². The standard InChI is InChI=1S/C19H16N6/c1-3-13-8-10-14(11-9-13)17-23-16-7-5-4-6-15(16)18(24-17)25-19(21)22-12(2)20/h1,4-11H,2H3,(H4,20,21,22,23,24,25). The molecule has 2 aromatic carbocycles. The zero-order chi connectivity index (χ0) is 17.8. The first kappa shape index (κ1) is 16.1. The summed E-state index contributed by atoms with van der Waals surface area (Å²) in [7, 11) is 0. The molecule has 0 aliphatic carbocycles. The fourth-order valence-corrected chi connectivity index (χ4v) is 2.30. The molecule has 3 aromatic rings. The van der Waals surface area contributed by atoms with Gasteiger partial charge < -0.3 is 11.5 Å². The minimum Gasteiger partial charge on any atom is -0.387 e. The molecule has 0 amide bonds. The van der Waals surface area contributed by atoms with E-state index in [1.54, 1.807) is 6.92 Å². The van der Waals surface area contributed by atoms with E-state index in [1.807, 2.05) is 48.5 Å². The number of nitrogens with zero attached hydrogens (tertiary/aromatic N) is 4. The van der Waals surface area contributed by atoms with Crippen molar-refractivity contribution >= 4 is 28.5 Å². The highest BCUT2D eigenvalue weighted by atomic mass is 15.1. The number of amidine groups is 1. The SMILES string of the molecule is C#Cc1ccc(-c2nc(N=C(N)/N=C(/C)N)c3ccccc3n2)cc1. The lowest BCUT2D eigenvalue weighted by atomic mass is 10.1. The van der Waals surface area contributed by atoms with Crippen molar-refractivity contribution in [3.8, 4) is 23.7 Å². The first-order chi connectivity index (χ1) is 12.1. The Balaban J connectivity index is 2.18. The van der Waals surface area contributed by atoms with E-state index < -0.39 is 0 Å². The summed E-state index contributed by atoms with van der Waals surface area (Å²) in [5, 5.41) is 0.777. The molecule has 0 saturated carbocycles. The molecule has 0 spiro atoms. The minimum absolute atomic E-state index is 0.0393. The van der Waals surface area contributed by atoms with Gasteiger partial charge in [0.25, 0.3) is 0 Å². The van der Waals surface area contributed by atoms with Gasteiger partial charge in [0.15, 0.2) is 11.6 Å². The zero-order valence-electron chi connectivity index (χ0n) is 13.6. The van der Waals surface area contributed by atoms with Gasteiger partial charge in [-0.3, -0.25) is 0 Å². The Morgan fingerprint density at radius 2 is 1.76 bits per heavy atom. The number of hydrogen-bond acceptors (Lipinski definition) is 3.